The van der Waals surface area contributed by atoms with Crippen LogP contribution in [0.5, 0.6) is 0 Å². The second-order valence-electron chi connectivity index (χ2n) is 6.59. The maximum absolute atomic E-state index is 6.74. The quantitative estimate of drug-likeness (QED) is 0.390. The van der Waals surface area contributed by atoms with Crippen molar-refractivity contribution in [3.63, 3.8) is 0 Å². The normalized spacial score (nSPS) is 12.9. The van der Waals surface area contributed by atoms with Gasteiger partial charge in [0.25, 0.3) is 4.91 Å². The van der Waals surface area contributed by atoms with Gasteiger partial charge >= 0.3 is 0 Å². The highest BCUT2D eigenvalue weighted by molar-refractivity contribution is 7.75. The molecule has 0 aliphatic heterocycles. The molecule has 0 aromatic heterocycles. The van der Waals surface area contributed by atoms with Gasteiger partial charge in [0.15, 0.2) is 8.22 Å². The first-order valence-corrected chi connectivity index (χ1v) is 9.21. The zero-order chi connectivity index (χ0) is 16.2. The highest BCUT2D eigenvalue weighted by Gasteiger charge is 2.39. The van der Waals surface area contributed by atoms with Crippen molar-refractivity contribution in [1.82, 2.24) is 9.34 Å². The van der Waals surface area contributed by atoms with Crippen molar-refractivity contribution in [2.45, 2.75) is 79.6 Å². The molecule has 120 valence electrons. The number of hydrogen-bond acceptors (Lipinski definition) is 2. The van der Waals surface area contributed by atoms with E-state index in [1.165, 1.54) is 0 Å². The summed E-state index contributed by atoms with van der Waals surface area (Å²) in [6, 6.07) is 1.87. The van der Waals surface area contributed by atoms with Crippen molar-refractivity contribution in [3.05, 3.63) is 0 Å². The molecule has 0 rings (SSSR count). The summed E-state index contributed by atoms with van der Waals surface area (Å²) in [5.74, 6) is 0. The zero-order valence-electron chi connectivity index (χ0n) is 15.0. The molecule has 0 aliphatic carbocycles. The second kappa shape index (κ2) is 8.68. The predicted octanol–water partition coefficient (Wildman–Crippen LogP) is 4.40. The first-order valence-electron chi connectivity index (χ1n) is 7.58. The molecule has 0 atom stereocenters. The van der Waals surface area contributed by atoms with Gasteiger partial charge in [-0.15, -0.1) is 0 Å². The van der Waals surface area contributed by atoms with E-state index in [2.05, 4.69) is 69.3 Å². The van der Waals surface area contributed by atoms with E-state index in [4.69, 9.17) is 11.6 Å². The van der Waals surface area contributed by atoms with E-state index in [1.54, 1.807) is 0 Å². The Labute approximate surface area is 132 Å². The average Bonchev–Trinajstić information content (AvgIpc) is 2.24. The lowest BCUT2D eigenvalue weighted by Gasteiger charge is -2.44. The van der Waals surface area contributed by atoms with E-state index >= 15 is 0 Å². The van der Waals surface area contributed by atoms with E-state index in [1.807, 2.05) is 14.1 Å². The largest absolute Gasteiger partial charge is 0.296 e. The maximum Gasteiger partial charge on any atom is 0.296 e. The molecule has 0 bridgehead atoms. The molecule has 0 N–H and O–H groups in total. The molecule has 0 saturated heterocycles. The molecule has 0 aliphatic rings. The van der Waals surface area contributed by atoms with Gasteiger partial charge in [0.2, 0.25) is 0 Å². The monoisotopic (exact) mass is 322 g/mol. The first kappa shape index (κ1) is 20.3. The summed E-state index contributed by atoms with van der Waals surface area (Å²) in [5.41, 5.74) is 0. The van der Waals surface area contributed by atoms with Crippen molar-refractivity contribution in [2.75, 3.05) is 14.1 Å². The Morgan fingerprint density at radius 3 is 1.15 bits per heavy atom. The highest BCUT2D eigenvalue weighted by Crippen LogP contribution is 2.51. The summed E-state index contributed by atoms with van der Waals surface area (Å²) in [6.45, 7) is 18.1. The average molecular weight is 323 g/mol. The Kier molecular flexibility index (Phi) is 8.81. The summed E-state index contributed by atoms with van der Waals surface area (Å²) >= 11 is 6.74. The third kappa shape index (κ3) is 5.26. The third-order valence-corrected chi connectivity index (χ3v) is 7.33. The number of hydrogen-bond donors (Lipinski definition) is 0. The van der Waals surface area contributed by atoms with Gasteiger partial charge in [-0.05, 0) is 67.0 Å². The van der Waals surface area contributed by atoms with Crippen LogP contribution in [0.25, 0.3) is 0 Å². The lowest BCUT2D eigenvalue weighted by Crippen LogP contribution is -2.44. The SMILES string of the molecule is CC(C)N(C(C)C)P(C(Cl)=[N+](C)C)N(C(C)C)C(C)C. The van der Waals surface area contributed by atoms with Crippen LogP contribution in [0.2, 0.25) is 0 Å². The fourth-order valence-electron chi connectivity index (χ4n) is 2.56. The molecule has 0 saturated carbocycles. The van der Waals surface area contributed by atoms with Crippen LogP contribution in [-0.2, 0) is 0 Å². The van der Waals surface area contributed by atoms with Gasteiger partial charge in [-0.3, -0.25) is 9.34 Å². The van der Waals surface area contributed by atoms with Gasteiger partial charge in [0.1, 0.15) is 14.1 Å². The molecule has 0 radical (unpaired) electrons. The second-order valence-corrected chi connectivity index (χ2v) is 9.14. The van der Waals surface area contributed by atoms with Gasteiger partial charge < -0.3 is 0 Å². The minimum absolute atomic E-state index is 0.467. The van der Waals surface area contributed by atoms with Crippen LogP contribution in [0.15, 0.2) is 0 Å². The highest BCUT2D eigenvalue weighted by atomic mass is 35.5. The molecule has 0 aromatic rings. The molecule has 0 heterocycles. The minimum Gasteiger partial charge on any atom is -0.256 e. The van der Waals surface area contributed by atoms with Crippen molar-refractivity contribution >= 4 is 24.7 Å². The molecule has 0 fully saturated rings. The molecule has 0 unspecified atom stereocenters. The number of halogens is 1. The molecular formula is C15H34ClN3P+. The van der Waals surface area contributed by atoms with E-state index in [-0.39, 0.29) is 0 Å². The molecule has 3 nitrogen and oxygen atoms in total. The van der Waals surface area contributed by atoms with Crippen LogP contribution in [0.3, 0.4) is 0 Å². The summed E-state index contributed by atoms with van der Waals surface area (Å²) in [6.07, 6.45) is 0. The Morgan fingerprint density at radius 2 is 1.00 bits per heavy atom. The number of rotatable bonds is 7. The Morgan fingerprint density at radius 1 is 0.750 bits per heavy atom. The minimum atomic E-state index is -0.671. The van der Waals surface area contributed by atoms with Crippen LogP contribution in [-0.4, -0.2) is 57.1 Å². The smallest absolute Gasteiger partial charge is 0.256 e. The predicted molar refractivity (Wildman–Crippen MR) is 94.1 cm³/mol. The van der Waals surface area contributed by atoms with Crippen molar-refractivity contribution in [2.24, 2.45) is 0 Å². The van der Waals surface area contributed by atoms with Gasteiger partial charge in [0.05, 0.1) is 0 Å². The number of nitrogens with zero attached hydrogens (tertiary/aromatic N) is 3. The van der Waals surface area contributed by atoms with Crippen LogP contribution in [0.4, 0.5) is 0 Å². The van der Waals surface area contributed by atoms with Gasteiger partial charge in [-0.2, -0.15) is 0 Å². The summed E-state index contributed by atoms with van der Waals surface area (Å²) in [4.78, 5) is 0.949. The van der Waals surface area contributed by atoms with Crippen molar-refractivity contribution in [3.8, 4) is 0 Å². The van der Waals surface area contributed by atoms with Crippen molar-refractivity contribution < 1.29 is 4.58 Å². The Balaban J connectivity index is 5.87. The zero-order valence-corrected chi connectivity index (χ0v) is 16.6. The molecular weight excluding hydrogens is 289 g/mol. The molecule has 0 aromatic carbocycles. The van der Waals surface area contributed by atoms with Gasteiger partial charge in [-0.25, -0.2) is 4.58 Å². The third-order valence-electron chi connectivity index (χ3n) is 3.09. The Hall–Kier alpha value is 0.310. The van der Waals surface area contributed by atoms with E-state index in [0.29, 0.717) is 24.2 Å². The topological polar surface area (TPSA) is 9.49 Å². The molecule has 20 heavy (non-hydrogen) atoms. The van der Waals surface area contributed by atoms with Gasteiger partial charge in [-0.1, -0.05) is 0 Å². The van der Waals surface area contributed by atoms with Crippen LogP contribution < -0.4 is 0 Å². The van der Waals surface area contributed by atoms with Crippen LogP contribution in [0.1, 0.15) is 55.4 Å². The summed E-state index contributed by atoms with van der Waals surface area (Å²) < 4.78 is 7.16. The lowest BCUT2D eigenvalue weighted by molar-refractivity contribution is -0.459. The fourth-order valence-corrected chi connectivity index (χ4v) is 5.81. The van der Waals surface area contributed by atoms with E-state index < -0.39 is 8.22 Å². The van der Waals surface area contributed by atoms with Crippen LogP contribution >= 0.6 is 19.8 Å². The molecule has 0 amide bonds. The lowest BCUT2D eigenvalue weighted by atomic mass is 10.3. The fraction of sp³-hybridized carbons (Fsp3) is 0.933. The Bertz CT molecular complexity index is 287. The standard InChI is InChI=1S/C15H34ClN3P/c1-11(2)18(12(3)4)20(15(16)17(9)10)19(13(5)6)14(7)8/h11-14H,1-10H3/q+1. The first-order chi connectivity index (χ1) is 9.02. The van der Waals surface area contributed by atoms with Crippen LogP contribution in [0, 0.1) is 0 Å². The molecule has 0 spiro atoms. The summed E-state index contributed by atoms with van der Waals surface area (Å²) in [5, 5.41) is 0. The summed E-state index contributed by atoms with van der Waals surface area (Å²) in [7, 11) is 3.40. The molecule has 5 heteroatoms. The van der Waals surface area contributed by atoms with Gasteiger partial charge in [0, 0.05) is 24.2 Å². The van der Waals surface area contributed by atoms with E-state index in [0.717, 1.165) is 4.91 Å². The van der Waals surface area contributed by atoms with Crippen molar-refractivity contribution in [1.29, 1.82) is 0 Å². The maximum atomic E-state index is 6.74. The van der Waals surface area contributed by atoms with E-state index in [9.17, 15) is 0 Å².